The van der Waals surface area contributed by atoms with Gasteiger partial charge >= 0.3 is 0 Å². The van der Waals surface area contributed by atoms with Gasteiger partial charge in [0.2, 0.25) is 17.7 Å². The third-order valence-electron chi connectivity index (χ3n) is 5.43. The van der Waals surface area contributed by atoms with Crippen molar-refractivity contribution in [1.82, 2.24) is 9.80 Å². The van der Waals surface area contributed by atoms with E-state index in [2.05, 4.69) is 6.07 Å². The number of amides is 3. The summed E-state index contributed by atoms with van der Waals surface area (Å²) in [6.45, 7) is 3.32. The first kappa shape index (κ1) is 17.5. The van der Waals surface area contributed by atoms with Crippen LogP contribution in [0.4, 0.5) is 0 Å². The topological polar surface area (TPSA) is 83.7 Å². The van der Waals surface area contributed by atoms with E-state index in [1.807, 2.05) is 18.2 Å². The normalized spacial score (nSPS) is 20.9. The van der Waals surface area contributed by atoms with Crippen molar-refractivity contribution in [1.29, 1.82) is 0 Å². The molecule has 1 aromatic carbocycles. The molecule has 0 aliphatic carbocycles. The number of primary amides is 1. The van der Waals surface area contributed by atoms with Gasteiger partial charge in [-0.15, -0.1) is 0 Å². The van der Waals surface area contributed by atoms with Crippen LogP contribution in [0.3, 0.4) is 0 Å². The van der Waals surface area contributed by atoms with Gasteiger partial charge < -0.3 is 15.5 Å². The number of hydrogen-bond donors (Lipinski definition) is 1. The van der Waals surface area contributed by atoms with Crippen molar-refractivity contribution in [2.45, 2.75) is 38.6 Å². The Bertz CT molecular complexity index is 680. The molecule has 6 heteroatoms. The van der Waals surface area contributed by atoms with Gasteiger partial charge in [-0.1, -0.05) is 24.3 Å². The summed E-state index contributed by atoms with van der Waals surface area (Å²) in [4.78, 5) is 39.7. The number of fused-ring (bicyclic) bond motifs is 1. The molecule has 1 fully saturated rings. The van der Waals surface area contributed by atoms with Crippen LogP contribution in [0.15, 0.2) is 24.3 Å². The van der Waals surface area contributed by atoms with E-state index in [1.165, 1.54) is 5.56 Å². The standard InChI is InChI=1S/C19H25N3O3/c1-13(23)22-11-8-14-4-2-3-5-16(14)17(22)12-18(24)21-9-6-15(7-10-21)19(20)25/h2-5,15,17H,6-12H2,1H3,(H2,20,25). The highest BCUT2D eigenvalue weighted by Crippen LogP contribution is 2.33. The van der Waals surface area contributed by atoms with E-state index in [-0.39, 0.29) is 36.1 Å². The zero-order chi connectivity index (χ0) is 18.0. The molecule has 25 heavy (non-hydrogen) atoms. The number of nitrogens with zero attached hydrogens (tertiary/aromatic N) is 2. The van der Waals surface area contributed by atoms with Gasteiger partial charge in [0.05, 0.1) is 12.5 Å². The summed E-state index contributed by atoms with van der Waals surface area (Å²) in [7, 11) is 0. The summed E-state index contributed by atoms with van der Waals surface area (Å²) in [5.74, 6) is -0.375. The van der Waals surface area contributed by atoms with Gasteiger partial charge in [0.25, 0.3) is 0 Å². The Morgan fingerprint density at radius 1 is 1.12 bits per heavy atom. The van der Waals surface area contributed by atoms with Gasteiger partial charge in [0, 0.05) is 32.5 Å². The maximum atomic E-state index is 12.8. The van der Waals surface area contributed by atoms with E-state index in [4.69, 9.17) is 5.73 Å². The number of carbonyl (C=O) groups is 3. The van der Waals surface area contributed by atoms with E-state index in [0.29, 0.717) is 32.5 Å². The van der Waals surface area contributed by atoms with E-state index < -0.39 is 0 Å². The fourth-order valence-electron chi connectivity index (χ4n) is 3.96. The first-order chi connectivity index (χ1) is 12.0. The molecule has 134 valence electrons. The largest absolute Gasteiger partial charge is 0.369 e. The SMILES string of the molecule is CC(=O)N1CCc2ccccc2C1CC(=O)N1CCC(C(N)=O)CC1. The Morgan fingerprint density at radius 3 is 2.44 bits per heavy atom. The minimum atomic E-state index is -0.281. The highest BCUT2D eigenvalue weighted by Gasteiger charge is 2.33. The molecule has 1 saturated heterocycles. The van der Waals surface area contributed by atoms with Crippen LogP contribution in [-0.4, -0.2) is 47.2 Å². The smallest absolute Gasteiger partial charge is 0.224 e. The lowest BCUT2D eigenvalue weighted by Gasteiger charge is -2.38. The third kappa shape index (κ3) is 3.67. The lowest BCUT2D eigenvalue weighted by atomic mass is 9.89. The number of rotatable bonds is 3. The first-order valence-electron chi connectivity index (χ1n) is 8.89. The summed E-state index contributed by atoms with van der Waals surface area (Å²) >= 11 is 0. The molecule has 1 atom stereocenters. The van der Waals surface area contributed by atoms with E-state index >= 15 is 0 Å². The van der Waals surface area contributed by atoms with Crippen LogP contribution in [0.5, 0.6) is 0 Å². The van der Waals surface area contributed by atoms with Gasteiger partial charge in [0.1, 0.15) is 0 Å². The fourth-order valence-corrected chi connectivity index (χ4v) is 3.96. The fraction of sp³-hybridized carbons (Fsp3) is 0.526. The maximum Gasteiger partial charge on any atom is 0.224 e. The Morgan fingerprint density at radius 2 is 1.80 bits per heavy atom. The molecule has 0 bridgehead atoms. The monoisotopic (exact) mass is 343 g/mol. The van der Waals surface area contributed by atoms with Crippen LogP contribution < -0.4 is 5.73 Å². The average molecular weight is 343 g/mol. The van der Waals surface area contributed by atoms with E-state index in [1.54, 1.807) is 16.7 Å². The number of nitrogens with two attached hydrogens (primary N) is 1. The number of benzene rings is 1. The quantitative estimate of drug-likeness (QED) is 0.896. The molecule has 3 amide bonds. The molecule has 0 spiro atoms. The van der Waals surface area contributed by atoms with Crippen molar-refractivity contribution in [2.24, 2.45) is 11.7 Å². The molecule has 2 aliphatic heterocycles. The van der Waals surface area contributed by atoms with Crippen LogP contribution in [0, 0.1) is 5.92 Å². The first-order valence-corrected chi connectivity index (χ1v) is 8.89. The van der Waals surface area contributed by atoms with Gasteiger partial charge in [-0.3, -0.25) is 14.4 Å². The zero-order valence-corrected chi connectivity index (χ0v) is 14.6. The summed E-state index contributed by atoms with van der Waals surface area (Å²) in [5.41, 5.74) is 7.64. The molecule has 1 aromatic rings. The Hall–Kier alpha value is -2.37. The zero-order valence-electron chi connectivity index (χ0n) is 14.6. The predicted octanol–water partition coefficient (Wildman–Crippen LogP) is 1.25. The highest BCUT2D eigenvalue weighted by molar-refractivity contribution is 5.81. The van der Waals surface area contributed by atoms with Crippen molar-refractivity contribution in [3.05, 3.63) is 35.4 Å². The number of carbonyl (C=O) groups excluding carboxylic acids is 3. The van der Waals surface area contributed by atoms with Gasteiger partial charge in [-0.25, -0.2) is 0 Å². The molecule has 0 aromatic heterocycles. The summed E-state index contributed by atoms with van der Waals surface area (Å²) in [6.07, 6.45) is 2.36. The van der Waals surface area contributed by atoms with Crippen molar-refractivity contribution >= 4 is 17.7 Å². The second-order valence-electron chi connectivity index (χ2n) is 6.94. The minimum Gasteiger partial charge on any atom is -0.369 e. The molecule has 6 nitrogen and oxygen atoms in total. The summed E-state index contributed by atoms with van der Waals surface area (Å²) in [5, 5.41) is 0. The lowest BCUT2D eigenvalue weighted by molar-refractivity contribution is -0.138. The van der Waals surface area contributed by atoms with Crippen LogP contribution in [0.1, 0.15) is 43.4 Å². The van der Waals surface area contributed by atoms with Crippen molar-refractivity contribution in [2.75, 3.05) is 19.6 Å². The van der Waals surface area contributed by atoms with Gasteiger partial charge in [-0.05, 0) is 30.4 Å². The van der Waals surface area contributed by atoms with Crippen molar-refractivity contribution in [3.63, 3.8) is 0 Å². The van der Waals surface area contributed by atoms with Crippen molar-refractivity contribution < 1.29 is 14.4 Å². The molecule has 2 N–H and O–H groups in total. The van der Waals surface area contributed by atoms with Crippen LogP contribution >= 0.6 is 0 Å². The summed E-state index contributed by atoms with van der Waals surface area (Å²) < 4.78 is 0. The molecule has 0 radical (unpaired) electrons. The summed E-state index contributed by atoms with van der Waals surface area (Å²) in [6, 6.07) is 7.84. The number of likely N-dealkylation sites (tertiary alicyclic amines) is 1. The van der Waals surface area contributed by atoms with E-state index in [0.717, 1.165) is 12.0 Å². The third-order valence-corrected chi connectivity index (χ3v) is 5.43. The molecule has 1 unspecified atom stereocenters. The molecular weight excluding hydrogens is 318 g/mol. The molecule has 0 saturated carbocycles. The predicted molar refractivity (Wildman–Crippen MR) is 93.4 cm³/mol. The van der Waals surface area contributed by atoms with Crippen LogP contribution in [0.2, 0.25) is 0 Å². The number of piperidine rings is 1. The Kier molecular flexibility index (Phi) is 5.06. The van der Waals surface area contributed by atoms with Crippen LogP contribution in [0.25, 0.3) is 0 Å². The lowest BCUT2D eigenvalue weighted by Crippen LogP contribution is -2.45. The molecule has 3 rings (SSSR count). The second kappa shape index (κ2) is 7.25. The van der Waals surface area contributed by atoms with Gasteiger partial charge in [-0.2, -0.15) is 0 Å². The molecule has 2 aliphatic rings. The highest BCUT2D eigenvalue weighted by atomic mass is 16.2. The minimum absolute atomic E-state index is 0.000241. The van der Waals surface area contributed by atoms with Crippen molar-refractivity contribution in [3.8, 4) is 0 Å². The maximum absolute atomic E-state index is 12.8. The second-order valence-corrected chi connectivity index (χ2v) is 6.94. The number of hydrogen-bond acceptors (Lipinski definition) is 3. The molecule has 2 heterocycles. The van der Waals surface area contributed by atoms with E-state index in [9.17, 15) is 14.4 Å². The average Bonchev–Trinajstić information content (AvgIpc) is 2.61. The Balaban J connectivity index is 1.72. The van der Waals surface area contributed by atoms with Crippen LogP contribution in [-0.2, 0) is 20.8 Å². The molecular formula is C19H25N3O3. The Labute approximate surface area is 148 Å². The van der Waals surface area contributed by atoms with Gasteiger partial charge in [0.15, 0.2) is 0 Å².